The number of fused-ring (bicyclic) bond motifs is 2. The third-order valence-electron chi connectivity index (χ3n) is 5.24. The van der Waals surface area contributed by atoms with Crippen LogP contribution in [0.4, 0.5) is 0 Å². The van der Waals surface area contributed by atoms with Crippen LogP contribution < -0.4 is 0 Å². The third-order valence-corrected chi connectivity index (χ3v) is 5.24. The number of hydrogen-bond donors (Lipinski definition) is 0. The van der Waals surface area contributed by atoms with Crippen LogP contribution in [-0.4, -0.2) is 36.2 Å². The van der Waals surface area contributed by atoms with Crippen molar-refractivity contribution in [2.75, 3.05) is 19.8 Å². The molecule has 2 unspecified atom stereocenters. The van der Waals surface area contributed by atoms with E-state index in [2.05, 4.69) is 18.7 Å². The predicted octanol–water partition coefficient (Wildman–Crippen LogP) is 2.68. The lowest BCUT2D eigenvalue weighted by molar-refractivity contribution is -0.212. The van der Waals surface area contributed by atoms with Gasteiger partial charge in [-0.25, -0.2) is 0 Å². The molecule has 0 radical (unpaired) electrons. The summed E-state index contributed by atoms with van der Waals surface area (Å²) in [6.07, 6.45) is 7.30. The summed E-state index contributed by atoms with van der Waals surface area (Å²) < 4.78 is 5.60. The summed E-state index contributed by atoms with van der Waals surface area (Å²) in [6, 6.07) is 0.687. The van der Waals surface area contributed by atoms with Crippen LogP contribution in [0.25, 0.3) is 0 Å². The Balaban J connectivity index is 1.85. The van der Waals surface area contributed by atoms with E-state index in [-0.39, 0.29) is 0 Å². The molecule has 3 aliphatic rings. The fraction of sp³-hybridized carbons (Fsp3) is 1.00. The SMILES string of the molecule is CC(C)N1CCC2CCCCC2C12COC2. The number of ether oxygens (including phenoxy) is 1. The topological polar surface area (TPSA) is 12.5 Å². The van der Waals surface area contributed by atoms with E-state index in [4.69, 9.17) is 4.74 Å². The van der Waals surface area contributed by atoms with Crippen LogP contribution in [-0.2, 0) is 4.74 Å². The zero-order chi connectivity index (χ0) is 11.2. The monoisotopic (exact) mass is 223 g/mol. The molecule has 1 spiro atoms. The summed E-state index contributed by atoms with van der Waals surface area (Å²) in [5.41, 5.74) is 0.442. The average Bonchev–Trinajstić information content (AvgIpc) is 2.24. The minimum Gasteiger partial charge on any atom is -0.377 e. The maximum atomic E-state index is 5.60. The molecule has 2 aliphatic heterocycles. The van der Waals surface area contributed by atoms with Gasteiger partial charge in [0, 0.05) is 6.04 Å². The van der Waals surface area contributed by atoms with Crippen molar-refractivity contribution in [3.63, 3.8) is 0 Å². The second-order valence-corrected chi connectivity index (χ2v) is 6.32. The Hall–Kier alpha value is -0.0800. The molecule has 0 N–H and O–H groups in total. The average molecular weight is 223 g/mol. The van der Waals surface area contributed by atoms with Crippen LogP contribution in [0.15, 0.2) is 0 Å². The quantitative estimate of drug-likeness (QED) is 0.677. The maximum Gasteiger partial charge on any atom is 0.0711 e. The van der Waals surface area contributed by atoms with Crippen molar-refractivity contribution in [2.24, 2.45) is 11.8 Å². The molecular formula is C14H25NO. The van der Waals surface area contributed by atoms with Crippen molar-refractivity contribution < 1.29 is 4.74 Å². The number of nitrogens with zero attached hydrogens (tertiary/aromatic N) is 1. The first-order chi connectivity index (χ1) is 7.74. The molecule has 0 amide bonds. The Morgan fingerprint density at radius 2 is 1.88 bits per heavy atom. The van der Waals surface area contributed by atoms with Gasteiger partial charge in [0.25, 0.3) is 0 Å². The van der Waals surface area contributed by atoms with Crippen molar-refractivity contribution in [1.82, 2.24) is 4.90 Å². The van der Waals surface area contributed by atoms with Crippen LogP contribution in [0.1, 0.15) is 46.0 Å². The van der Waals surface area contributed by atoms with Crippen LogP contribution in [0, 0.1) is 11.8 Å². The second-order valence-electron chi connectivity index (χ2n) is 6.32. The molecule has 0 aromatic carbocycles. The van der Waals surface area contributed by atoms with Gasteiger partial charge >= 0.3 is 0 Å². The van der Waals surface area contributed by atoms with Crippen LogP contribution in [0.2, 0.25) is 0 Å². The number of hydrogen-bond acceptors (Lipinski definition) is 2. The van der Waals surface area contributed by atoms with E-state index in [1.807, 2.05) is 0 Å². The fourth-order valence-electron chi connectivity index (χ4n) is 4.46. The van der Waals surface area contributed by atoms with Gasteiger partial charge in [0.2, 0.25) is 0 Å². The molecular weight excluding hydrogens is 198 g/mol. The van der Waals surface area contributed by atoms with E-state index < -0.39 is 0 Å². The molecule has 92 valence electrons. The molecule has 2 atom stereocenters. The van der Waals surface area contributed by atoms with Crippen molar-refractivity contribution in [3.05, 3.63) is 0 Å². The normalized spacial score (nSPS) is 38.4. The predicted molar refractivity (Wildman–Crippen MR) is 65.5 cm³/mol. The highest BCUT2D eigenvalue weighted by molar-refractivity contribution is 5.08. The van der Waals surface area contributed by atoms with Gasteiger partial charge in [0.15, 0.2) is 0 Å². The van der Waals surface area contributed by atoms with E-state index in [0.717, 1.165) is 25.0 Å². The molecule has 16 heavy (non-hydrogen) atoms. The maximum absolute atomic E-state index is 5.60. The molecule has 2 saturated heterocycles. The van der Waals surface area contributed by atoms with Crippen molar-refractivity contribution in [3.8, 4) is 0 Å². The summed E-state index contributed by atoms with van der Waals surface area (Å²) in [4.78, 5) is 2.75. The molecule has 3 rings (SSSR count). The number of rotatable bonds is 1. The second kappa shape index (κ2) is 3.99. The summed E-state index contributed by atoms with van der Waals surface area (Å²) in [6.45, 7) is 8.02. The van der Waals surface area contributed by atoms with Gasteiger partial charge in [0.05, 0.1) is 18.8 Å². The fourth-order valence-corrected chi connectivity index (χ4v) is 4.46. The molecule has 1 saturated carbocycles. The molecule has 0 bridgehead atoms. The number of piperidine rings is 1. The van der Waals surface area contributed by atoms with Crippen LogP contribution in [0.3, 0.4) is 0 Å². The summed E-state index contributed by atoms with van der Waals surface area (Å²) in [5.74, 6) is 1.94. The van der Waals surface area contributed by atoms with Gasteiger partial charge in [-0.3, -0.25) is 4.90 Å². The highest BCUT2D eigenvalue weighted by Gasteiger charge is 2.55. The molecule has 2 nitrogen and oxygen atoms in total. The Labute approximate surface area is 99.3 Å². The van der Waals surface area contributed by atoms with Crippen LogP contribution >= 0.6 is 0 Å². The lowest BCUT2D eigenvalue weighted by atomic mass is 9.63. The first-order valence-electron chi connectivity index (χ1n) is 7.08. The smallest absolute Gasteiger partial charge is 0.0711 e. The van der Waals surface area contributed by atoms with Gasteiger partial charge in [-0.2, -0.15) is 0 Å². The minimum absolute atomic E-state index is 0.442. The summed E-state index contributed by atoms with van der Waals surface area (Å²) in [5, 5.41) is 0. The van der Waals surface area contributed by atoms with E-state index >= 15 is 0 Å². The van der Waals surface area contributed by atoms with E-state index in [1.165, 1.54) is 38.6 Å². The van der Waals surface area contributed by atoms with Gasteiger partial charge in [-0.15, -0.1) is 0 Å². The van der Waals surface area contributed by atoms with Crippen molar-refractivity contribution in [2.45, 2.75) is 57.5 Å². The first kappa shape index (κ1) is 11.0. The lowest BCUT2D eigenvalue weighted by Gasteiger charge is -2.61. The van der Waals surface area contributed by atoms with Gasteiger partial charge < -0.3 is 4.74 Å². The molecule has 0 aromatic heterocycles. The van der Waals surface area contributed by atoms with Crippen molar-refractivity contribution >= 4 is 0 Å². The molecule has 1 aliphatic carbocycles. The van der Waals surface area contributed by atoms with E-state index in [0.29, 0.717) is 11.6 Å². The van der Waals surface area contributed by atoms with Gasteiger partial charge in [0.1, 0.15) is 0 Å². The standard InChI is InChI=1S/C14H25NO/c1-11(2)15-8-7-12-5-3-4-6-13(12)14(15)9-16-10-14/h11-13H,3-10H2,1-2H3. The highest BCUT2D eigenvalue weighted by Crippen LogP contribution is 2.49. The first-order valence-corrected chi connectivity index (χ1v) is 7.08. The van der Waals surface area contributed by atoms with Crippen molar-refractivity contribution in [1.29, 1.82) is 0 Å². The third kappa shape index (κ3) is 1.46. The Morgan fingerprint density at radius 1 is 1.12 bits per heavy atom. The largest absolute Gasteiger partial charge is 0.377 e. The Bertz CT molecular complexity index is 259. The molecule has 2 heteroatoms. The highest BCUT2D eigenvalue weighted by atomic mass is 16.5. The summed E-state index contributed by atoms with van der Waals surface area (Å²) >= 11 is 0. The van der Waals surface area contributed by atoms with E-state index in [1.54, 1.807) is 0 Å². The molecule has 2 heterocycles. The van der Waals surface area contributed by atoms with Gasteiger partial charge in [-0.05, 0) is 45.1 Å². The zero-order valence-corrected chi connectivity index (χ0v) is 10.7. The minimum atomic E-state index is 0.442. The van der Waals surface area contributed by atoms with Crippen LogP contribution in [0.5, 0.6) is 0 Å². The Morgan fingerprint density at radius 3 is 2.50 bits per heavy atom. The lowest BCUT2D eigenvalue weighted by Crippen LogP contribution is -2.72. The zero-order valence-electron chi connectivity index (χ0n) is 10.7. The summed E-state index contributed by atoms with van der Waals surface area (Å²) in [7, 11) is 0. The van der Waals surface area contributed by atoms with E-state index in [9.17, 15) is 0 Å². The molecule has 0 aromatic rings. The molecule has 3 fully saturated rings. The van der Waals surface area contributed by atoms with Gasteiger partial charge in [-0.1, -0.05) is 19.3 Å². The number of likely N-dealkylation sites (tertiary alicyclic amines) is 1. The Kier molecular flexibility index (Phi) is 2.75.